The molecule has 0 fully saturated rings. The normalized spacial score (nSPS) is 10.3. The summed E-state index contributed by atoms with van der Waals surface area (Å²) < 4.78 is 5.46. The maximum absolute atomic E-state index is 5.50. The van der Waals surface area contributed by atoms with Crippen LogP contribution in [0.1, 0.15) is 0 Å². The van der Waals surface area contributed by atoms with Crippen LogP contribution in [0.2, 0.25) is 0 Å². The third-order valence-electron chi connectivity index (χ3n) is 1.60. The Morgan fingerprint density at radius 1 is 1.50 bits per heavy atom. The number of aromatic nitrogens is 1. The van der Waals surface area contributed by atoms with Gasteiger partial charge in [-0.25, -0.2) is 4.98 Å². The van der Waals surface area contributed by atoms with E-state index < -0.39 is 0 Å². The van der Waals surface area contributed by atoms with Crippen LogP contribution in [0.3, 0.4) is 0 Å². The highest BCUT2D eigenvalue weighted by molar-refractivity contribution is 7.71. The van der Waals surface area contributed by atoms with Crippen LogP contribution in [-0.4, -0.2) is 4.98 Å². The minimum absolute atomic E-state index is 0.444. The molecule has 0 saturated carbocycles. The lowest BCUT2D eigenvalue weighted by atomic mass is 10.2. The second-order valence-electron chi connectivity index (χ2n) is 2.40. The highest BCUT2D eigenvalue weighted by Gasteiger charge is 1.96. The quantitative estimate of drug-likeness (QED) is 0.628. The fourth-order valence-electron chi connectivity index (χ4n) is 1.03. The lowest BCUT2D eigenvalue weighted by Gasteiger charge is -1.96. The molecule has 12 heavy (non-hydrogen) atoms. The van der Waals surface area contributed by atoms with E-state index in [2.05, 4.69) is 4.98 Å². The van der Waals surface area contributed by atoms with E-state index in [9.17, 15) is 0 Å². The van der Waals surface area contributed by atoms with Crippen LogP contribution >= 0.6 is 12.2 Å². The van der Waals surface area contributed by atoms with Crippen molar-refractivity contribution >= 4 is 28.8 Å². The highest BCUT2D eigenvalue weighted by atomic mass is 32.1. The van der Waals surface area contributed by atoms with Gasteiger partial charge in [0.15, 0.2) is 4.71 Å². The zero-order chi connectivity index (χ0) is 8.55. The molecule has 0 aliphatic rings. The summed E-state index contributed by atoms with van der Waals surface area (Å²) in [5.41, 5.74) is 5.50. The van der Waals surface area contributed by atoms with Gasteiger partial charge in [-0.1, -0.05) is 0 Å². The minimum Gasteiger partial charge on any atom is -0.453 e. The van der Waals surface area contributed by atoms with E-state index in [1.54, 1.807) is 18.5 Å². The minimum atomic E-state index is 0.444. The van der Waals surface area contributed by atoms with Crippen molar-refractivity contribution in [3.63, 3.8) is 0 Å². The zero-order valence-corrected chi connectivity index (χ0v) is 6.97. The molecule has 0 bridgehead atoms. The van der Waals surface area contributed by atoms with E-state index in [0.717, 1.165) is 10.8 Å². The third-order valence-corrected chi connectivity index (χ3v) is 1.92. The van der Waals surface area contributed by atoms with Gasteiger partial charge in [-0.3, -0.25) is 0 Å². The van der Waals surface area contributed by atoms with Crippen LogP contribution in [0.4, 0.5) is 5.82 Å². The van der Waals surface area contributed by atoms with Crippen molar-refractivity contribution in [1.29, 1.82) is 0 Å². The number of rotatable bonds is 0. The van der Waals surface area contributed by atoms with E-state index in [-0.39, 0.29) is 0 Å². The van der Waals surface area contributed by atoms with Gasteiger partial charge in [-0.05, 0) is 29.7 Å². The third kappa shape index (κ3) is 1.06. The molecule has 0 radical (unpaired) electrons. The number of anilines is 1. The SMILES string of the molecule is Nc1cc2ccoc(=S)c2cn1. The van der Waals surface area contributed by atoms with Gasteiger partial charge in [0.05, 0.1) is 11.6 Å². The van der Waals surface area contributed by atoms with Gasteiger partial charge in [-0.15, -0.1) is 0 Å². The lowest BCUT2D eigenvalue weighted by molar-refractivity contribution is 0.542. The van der Waals surface area contributed by atoms with Crippen LogP contribution in [0.15, 0.2) is 29.0 Å². The monoisotopic (exact) mass is 178 g/mol. The molecule has 0 amide bonds. The van der Waals surface area contributed by atoms with Gasteiger partial charge in [0.1, 0.15) is 5.82 Å². The molecule has 0 aliphatic carbocycles. The van der Waals surface area contributed by atoms with Crippen molar-refractivity contribution in [1.82, 2.24) is 4.98 Å². The molecule has 0 aromatic carbocycles. The molecule has 2 aromatic heterocycles. The fraction of sp³-hybridized carbons (Fsp3) is 0. The Morgan fingerprint density at radius 3 is 3.17 bits per heavy atom. The van der Waals surface area contributed by atoms with E-state index in [1.165, 1.54) is 0 Å². The summed E-state index contributed by atoms with van der Waals surface area (Å²) in [7, 11) is 0. The average molecular weight is 178 g/mol. The molecular formula is C8H6N2OS. The number of hydrogen-bond donors (Lipinski definition) is 1. The van der Waals surface area contributed by atoms with Gasteiger partial charge in [0.25, 0.3) is 0 Å². The molecule has 2 N–H and O–H groups in total. The standard InChI is InChI=1S/C8H6N2OS/c9-7-3-5-1-2-11-8(12)6(5)4-10-7/h1-4H,(H2,9,10). The molecule has 0 saturated heterocycles. The molecule has 0 spiro atoms. The smallest absolute Gasteiger partial charge is 0.199 e. The summed E-state index contributed by atoms with van der Waals surface area (Å²) in [4.78, 5) is 3.92. The van der Waals surface area contributed by atoms with Crippen molar-refractivity contribution in [3.05, 3.63) is 29.3 Å². The summed E-state index contributed by atoms with van der Waals surface area (Å²) >= 11 is 4.95. The second kappa shape index (κ2) is 2.57. The molecule has 0 aliphatic heterocycles. The first-order valence-corrected chi connectivity index (χ1v) is 3.81. The van der Waals surface area contributed by atoms with Crippen LogP contribution < -0.4 is 5.73 Å². The van der Waals surface area contributed by atoms with Crippen molar-refractivity contribution < 1.29 is 4.42 Å². The van der Waals surface area contributed by atoms with Crippen molar-refractivity contribution in [3.8, 4) is 0 Å². The molecule has 2 heterocycles. The number of hydrogen-bond acceptors (Lipinski definition) is 4. The fourth-order valence-corrected chi connectivity index (χ4v) is 1.26. The van der Waals surface area contributed by atoms with E-state index >= 15 is 0 Å². The Hall–Kier alpha value is -1.42. The topological polar surface area (TPSA) is 52.0 Å². The van der Waals surface area contributed by atoms with Gasteiger partial charge >= 0.3 is 0 Å². The van der Waals surface area contributed by atoms with Gasteiger partial charge < -0.3 is 10.2 Å². The number of nitrogen functional groups attached to an aromatic ring is 1. The average Bonchev–Trinajstić information content (AvgIpc) is 2.04. The molecule has 3 nitrogen and oxygen atoms in total. The zero-order valence-electron chi connectivity index (χ0n) is 6.15. The van der Waals surface area contributed by atoms with E-state index in [0.29, 0.717) is 10.5 Å². The Balaban J connectivity index is 2.96. The molecule has 0 unspecified atom stereocenters. The van der Waals surface area contributed by atoms with Gasteiger partial charge in [0, 0.05) is 6.20 Å². The number of pyridine rings is 1. The molecule has 60 valence electrons. The summed E-state index contributed by atoms with van der Waals surface area (Å²) in [5.74, 6) is 0.489. The first-order chi connectivity index (χ1) is 5.77. The van der Waals surface area contributed by atoms with E-state index in [4.69, 9.17) is 22.4 Å². The number of nitrogens with zero attached hydrogens (tertiary/aromatic N) is 1. The number of fused-ring (bicyclic) bond motifs is 1. The molecular weight excluding hydrogens is 172 g/mol. The number of nitrogens with two attached hydrogens (primary N) is 1. The molecule has 4 heteroatoms. The lowest BCUT2D eigenvalue weighted by Crippen LogP contribution is -1.88. The predicted octanol–water partition coefficient (Wildman–Crippen LogP) is 2.14. The molecule has 2 rings (SSSR count). The summed E-state index contributed by atoms with van der Waals surface area (Å²) in [6.45, 7) is 0. The second-order valence-corrected chi connectivity index (χ2v) is 2.78. The largest absolute Gasteiger partial charge is 0.453 e. The molecule has 0 atom stereocenters. The first kappa shape index (κ1) is 7.24. The van der Waals surface area contributed by atoms with Crippen LogP contribution in [0, 0.1) is 4.71 Å². The van der Waals surface area contributed by atoms with Crippen LogP contribution in [0.25, 0.3) is 10.8 Å². The summed E-state index contributed by atoms with van der Waals surface area (Å²) in [5, 5.41) is 1.78. The Kier molecular flexibility index (Phi) is 1.55. The Bertz CT molecular complexity index is 478. The van der Waals surface area contributed by atoms with Crippen molar-refractivity contribution in [2.45, 2.75) is 0 Å². The Labute approximate surface area is 73.8 Å². The van der Waals surface area contributed by atoms with Crippen molar-refractivity contribution in [2.24, 2.45) is 0 Å². The van der Waals surface area contributed by atoms with Crippen LogP contribution in [-0.2, 0) is 0 Å². The Morgan fingerprint density at radius 2 is 2.33 bits per heavy atom. The first-order valence-electron chi connectivity index (χ1n) is 3.40. The van der Waals surface area contributed by atoms with Crippen LogP contribution in [0.5, 0.6) is 0 Å². The summed E-state index contributed by atoms with van der Waals surface area (Å²) in [6, 6.07) is 3.57. The van der Waals surface area contributed by atoms with Crippen molar-refractivity contribution in [2.75, 3.05) is 5.73 Å². The predicted molar refractivity (Wildman–Crippen MR) is 49.3 cm³/mol. The highest BCUT2D eigenvalue weighted by Crippen LogP contribution is 2.15. The maximum atomic E-state index is 5.50. The molecule has 2 aromatic rings. The summed E-state index contributed by atoms with van der Waals surface area (Å²) in [6.07, 6.45) is 3.17. The van der Waals surface area contributed by atoms with E-state index in [1.807, 2.05) is 6.07 Å². The van der Waals surface area contributed by atoms with Gasteiger partial charge in [0.2, 0.25) is 0 Å². The maximum Gasteiger partial charge on any atom is 0.199 e. The van der Waals surface area contributed by atoms with Gasteiger partial charge in [-0.2, -0.15) is 0 Å².